The van der Waals surface area contributed by atoms with Gasteiger partial charge in [0.15, 0.2) is 0 Å². The predicted molar refractivity (Wildman–Crippen MR) is 97.2 cm³/mol. The third-order valence-electron chi connectivity index (χ3n) is 3.20. The quantitative estimate of drug-likeness (QED) is 0.659. The molecule has 1 heterocycles. The summed E-state index contributed by atoms with van der Waals surface area (Å²) in [5, 5.41) is 14.8. The number of thioether (sulfide) groups is 1. The first-order valence-electron chi connectivity index (χ1n) is 7.20. The maximum atomic E-state index is 12.3. The molecule has 3 aromatic rings. The van der Waals surface area contributed by atoms with Crippen molar-refractivity contribution in [1.29, 1.82) is 0 Å². The van der Waals surface area contributed by atoms with E-state index < -0.39 is 0 Å². The number of hydrogen-bond donors (Lipinski definition) is 1. The van der Waals surface area contributed by atoms with Gasteiger partial charge in [0, 0.05) is 10.2 Å². The van der Waals surface area contributed by atoms with Crippen LogP contribution in [0.5, 0.6) is 0 Å². The first kappa shape index (κ1) is 16.7. The lowest BCUT2D eigenvalue weighted by Crippen LogP contribution is -2.22. The molecule has 2 aromatic carbocycles. The van der Waals surface area contributed by atoms with Gasteiger partial charge in [0.1, 0.15) is 0 Å². The Morgan fingerprint density at radius 2 is 1.88 bits per heavy atom. The average Bonchev–Trinajstić information content (AvgIpc) is 3.05. The average molecular weight is 404 g/mol. The maximum absolute atomic E-state index is 12.3. The minimum atomic E-state index is -0.345. The zero-order valence-corrected chi connectivity index (χ0v) is 15.2. The van der Waals surface area contributed by atoms with Gasteiger partial charge >= 0.3 is 0 Å². The smallest absolute Gasteiger partial charge is 0.237 e. The number of amides is 1. The highest BCUT2D eigenvalue weighted by Gasteiger charge is 2.19. The van der Waals surface area contributed by atoms with Crippen LogP contribution >= 0.6 is 27.7 Å². The third kappa shape index (κ3) is 4.01. The van der Waals surface area contributed by atoms with Gasteiger partial charge in [0.25, 0.3) is 0 Å². The van der Waals surface area contributed by atoms with Gasteiger partial charge in [0.2, 0.25) is 11.1 Å². The fourth-order valence-electron chi connectivity index (χ4n) is 1.97. The van der Waals surface area contributed by atoms with Crippen molar-refractivity contribution in [3.05, 3.63) is 59.1 Å². The number of tetrazole rings is 1. The molecule has 1 amide bonds. The number of halogens is 1. The van der Waals surface area contributed by atoms with Crippen molar-refractivity contribution >= 4 is 39.3 Å². The van der Waals surface area contributed by atoms with Crippen LogP contribution in [0.4, 0.5) is 5.69 Å². The minimum Gasteiger partial charge on any atom is -0.325 e. The second kappa shape index (κ2) is 7.59. The van der Waals surface area contributed by atoms with Crippen LogP contribution in [-0.4, -0.2) is 31.4 Å². The number of benzene rings is 2. The van der Waals surface area contributed by atoms with E-state index in [9.17, 15) is 4.79 Å². The van der Waals surface area contributed by atoms with Crippen LogP contribution in [0.25, 0.3) is 5.69 Å². The fourth-order valence-corrected chi connectivity index (χ4v) is 3.04. The summed E-state index contributed by atoms with van der Waals surface area (Å²) in [5.74, 6) is -0.107. The molecule has 24 heavy (non-hydrogen) atoms. The molecule has 8 heteroatoms. The molecule has 0 spiro atoms. The van der Waals surface area contributed by atoms with Crippen molar-refractivity contribution in [2.24, 2.45) is 0 Å². The third-order valence-corrected chi connectivity index (χ3v) is 4.77. The molecule has 0 aliphatic heterocycles. The first-order valence-corrected chi connectivity index (χ1v) is 8.87. The Morgan fingerprint density at radius 3 is 2.58 bits per heavy atom. The van der Waals surface area contributed by atoms with E-state index in [1.165, 1.54) is 11.8 Å². The topological polar surface area (TPSA) is 72.7 Å². The van der Waals surface area contributed by atoms with Gasteiger partial charge in [-0.15, -0.1) is 5.10 Å². The number of rotatable bonds is 5. The molecular weight excluding hydrogens is 390 g/mol. The SMILES string of the molecule is C[C@@H](Sc1nnnn1-c1ccccc1)C(=O)Nc1ccc(Br)cc1. The second-order valence-electron chi connectivity index (χ2n) is 4.97. The van der Waals surface area contributed by atoms with Gasteiger partial charge in [-0.05, 0) is 53.7 Å². The molecule has 122 valence electrons. The number of nitrogens with one attached hydrogen (secondary N) is 1. The van der Waals surface area contributed by atoms with E-state index in [1.54, 1.807) is 4.68 Å². The Bertz CT molecular complexity index is 822. The van der Waals surface area contributed by atoms with Gasteiger partial charge in [0.05, 0.1) is 10.9 Å². The Hall–Kier alpha value is -2.19. The molecule has 1 atom stereocenters. The monoisotopic (exact) mass is 403 g/mol. The van der Waals surface area contributed by atoms with E-state index in [2.05, 4.69) is 36.8 Å². The standard InChI is InChI=1S/C16H14BrN5OS/c1-11(15(23)18-13-9-7-12(17)8-10-13)24-16-19-20-21-22(16)14-5-3-2-4-6-14/h2-11H,1H3,(H,18,23)/t11-/m1/s1. The van der Waals surface area contributed by atoms with Crippen LogP contribution < -0.4 is 5.32 Å². The number of aromatic nitrogens is 4. The van der Waals surface area contributed by atoms with Crippen molar-refractivity contribution in [2.45, 2.75) is 17.3 Å². The number of nitrogens with zero attached hydrogens (tertiary/aromatic N) is 4. The van der Waals surface area contributed by atoms with Gasteiger partial charge in [-0.1, -0.05) is 45.9 Å². The number of hydrogen-bond acceptors (Lipinski definition) is 5. The van der Waals surface area contributed by atoms with E-state index in [0.717, 1.165) is 15.8 Å². The molecule has 6 nitrogen and oxygen atoms in total. The number of para-hydroxylation sites is 1. The summed E-state index contributed by atoms with van der Waals surface area (Å²) in [7, 11) is 0. The molecule has 0 saturated heterocycles. The largest absolute Gasteiger partial charge is 0.325 e. The number of carbonyl (C=O) groups is 1. The predicted octanol–water partition coefficient (Wildman–Crippen LogP) is 3.54. The Balaban J connectivity index is 1.69. The van der Waals surface area contributed by atoms with Crippen molar-refractivity contribution in [1.82, 2.24) is 20.2 Å². The first-order chi connectivity index (χ1) is 11.6. The highest BCUT2D eigenvalue weighted by Crippen LogP contribution is 2.24. The van der Waals surface area contributed by atoms with Crippen molar-refractivity contribution in [2.75, 3.05) is 5.32 Å². The van der Waals surface area contributed by atoms with Crippen LogP contribution in [0.3, 0.4) is 0 Å². The van der Waals surface area contributed by atoms with E-state index in [1.807, 2.05) is 61.5 Å². The zero-order chi connectivity index (χ0) is 16.9. The summed E-state index contributed by atoms with van der Waals surface area (Å²) in [6.45, 7) is 1.82. The van der Waals surface area contributed by atoms with Gasteiger partial charge in [-0.25, -0.2) is 0 Å². The summed E-state index contributed by atoms with van der Waals surface area (Å²) >= 11 is 4.68. The fraction of sp³-hybridized carbons (Fsp3) is 0.125. The van der Waals surface area contributed by atoms with Crippen LogP contribution in [0.2, 0.25) is 0 Å². The van der Waals surface area contributed by atoms with Crippen LogP contribution in [0.1, 0.15) is 6.92 Å². The molecule has 1 aromatic heterocycles. The number of anilines is 1. The lowest BCUT2D eigenvalue weighted by molar-refractivity contribution is -0.115. The van der Waals surface area contributed by atoms with Gasteiger partial charge in [-0.2, -0.15) is 4.68 Å². The Kier molecular flexibility index (Phi) is 5.27. The molecule has 0 aliphatic carbocycles. The van der Waals surface area contributed by atoms with Crippen molar-refractivity contribution < 1.29 is 4.79 Å². The molecular formula is C16H14BrN5OS. The van der Waals surface area contributed by atoms with E-state index in [-0.39, 0.29) is 11.2 Å². The summed E-state index contributed by atoms with van der Waals surface area (Å²) in [6.07, 6.45) is 0. The van der Waals surface area contributed by atoms with Crippen molar-refractivity contribution in [3.8, 4) is 5.69 Å². The Labute approximate surface area is 151 Å². The summed E-state index contributed by atoms with van der Waals surface area (Å²) in [5.41, 5.74) is 1.60. The van der Waals surface area contributed by atoms with Gasteiger partial charge < -0.3 is 5.32 Å². The lowest BCUT2D eigenvalue weighted by atomic mass is 10.3. The van der Waals surface area contributed by atoms with Gasteiger partial charge in [-0.3, -0.25) is 4.79 Å². The number of carbonyl (C=O) groups excluding carboxylic acids is 1. The second-order valence-corrected chi connectivity index (χ2v) is 7.19. The summed E-state index contributed by atoms with van der Waals surface area (Å²) < 4.78 is 2.58. The van der Waals surface area contributed by atoms with Crippen LogP contribution in [0.15, 0.2) is 64.2 Å². The van der Waals surface area contributed by atoms with Crippen LogP contribution in [0, 0.1) is 0 Å². The normalized spacial score (nSPS) is 11.9. The molecule has 0 bridgehead atoms. The maximum Gasteiger partial charge on any atom is 0.237 e. The molecule has 0 saturated carbocycles. The molecule has 0 unspecified atom stereocenters. The molecule has 3 rings (SSSR count). The summed E-state index contributed by atoms with van der Waals surface area (Å²) in [4.78, 5) is 12.3. The molecule has 0 radical (unpaired) electrons. The van der Waals surface area contributed by atoms with E-state index >= 15 is 0 Å². The minimum absolute atomic E-state index is 0.107. The molecule has 0 fully saturated rings. The lowest BCUT2D eigenvalue weighted by Gasteiger charge is -2.11. The highest BCUT2D eigenvalue weighted by molar-refractivity contribution is 9.10. The van der Waals surface area contributed by atoms with E-state index in [4.69, 9.17) is 0 Å². The highest BCUT2D eigenvalue weighted by atomic mass is 79.9. The van der Waals surface area contributed by atoms with Crippen molar-refractivity contribution in [3.63, 3.8) is 0 Å². The molecule has 0 aliphatic rings. The van der Waals surface area contributed by atoms with Crippen LogP contribution in [-0.2, 0) is 4.79 Å². The Morgan fingerprint density at radius 1 is 1.17 bits per heavy atom. The van der Waals surface area contributed by atoms with E-state index in [0.29, 0.717) is 5.16 Å². The zero-order valence-electron chi connectivity index (χ0n) is 12.8. The summed E-state index contributed by atoms with van der Waals surface area (Å²) in [6, 6.07) is 17.0. The molecule has 1 N–H and O–H groups in total.